The Kier molecular flexibility index (Phi) is 5.09. The van der Waals surface area contributed by atoms with Gasteiger partial charge in [0.25, 0.3) is 0 Å². The second kappa shape index (κ2) is 6.11. The Labute approximate surface area is 92.0 Å². The molecular weight excluding hydrogens is 190 g/mol. The lowest BCUT2D eigenvalue weighted by Gasteiger charge is -2.21. The number of carbonyl (C=O) groups is 1. The minimum atomic E-state index is -0.656. The number of hydrogen-bond donors (Lipinski definition) is 2. The van der Waals surface area contributed by atoms with Gasteiger partial charge in [-0.05, 0) is 37.5 Å². The normalized spacial score (nSPS) is 27.9. The summed E-state index contributed by atoms with van der Waals surface area (Å²) in [5, 5.41) is 8.88. The van der Waals surface area contributed by atoms with Crippen molar-refractivity contribution in [2.75, 3.05) is 0 Å². The summed E-state index contributed by atoms with van der Waals surface area (Å²) in [6.45, 7) is 2.15. The average Bonchev–Trinajstić information content (AvgIpc) is 2.58. The van der Waals surface area contributed by atoms with E-state index >= 15 is 0 Å². The highest BCUT2D eigenvalue weighted by atomic mass is 16.4. The van der Waals surface area contributed by atoms with E-state index < -0.39 is 5.97 Å². The highest BCUT2D eigenvalue weighted by Gasteiger charge is 2.29. The molecule has 1 fully saturated rings. The summed E-state index contributed by atoms with van der Waals surface area (Å²) in [6, 6.07) is 0.313. The summed E-state index contributed by atoms with van der Waals surface area (Å²) in [5.74, 6) is 0.259. The van der Waals surface area contributed by atoms with Crippen molar-refractivity contribution in [3.8, 4) is 0 Å². The van der Waals surface area contributed by atoms with Crippen LogP contribution in [-0.2, 0) is 4.79 Å². The minimum Gasteiger partial charge on any atom is -0.481 e. The first kappa shape index (κ1) is 12.5. The second-order valence-corrected chi connectivity index (χ2v) is 4.83. The van der Waals surface area contributed by atoms with Crippen LogP contribution in [0.3, 0.4) is 0 Å². The molecule has 3 heteroatoms. The molecule has 88 valence electrons. The molecule has 3 atom stereocenters. The Hall–Kier alpha value is -0.570. The van der Waals surface area contributed by atoms with E-state index in [4.69, 9.17) is 10.8 Å². The highest BCUT2D eigenvalue weighted by molar-refractivity contribution is 5.67. The van der Waals surface area contributed by atoms with Crippen LogP contribution in [-0.4, -0.2) is 17.1 Å². The van der Waals surface area contributed by atoms with Gasteiger partial charge < -0.3 is 10.8 Å². The lowest BCUT2D eigenvalue weighted by Crippen LogP contribution is -2.20. The smallest absolute Gasteiger partial charge is 0.303 e. The fraction of sp³-hybridized carbons (Fsp3) is 0.917. The predicted octanol–water partition coefficient (Wildman–Crippen LogP) is 2.39. The Morgan fingerprint density at radius 3 is 2.73 bits per heavy atom. The molecule has 15 heavy (non-hydrogen) atoms. The molecule has 1 rings (SSSR count). The van der Waals surface area contributed by atoms with Crippen LogP contribution in [0.1, 0.15) is 51.9 Å². The fourth-order valence-corrected chi connectivity index (χ4v) is 2.68. The number of carboxylic acids is 1. The van der Waals surface area contributed by atoms with Crippen molar-refractivity contribution < 1.29 is 9.90 Å². The Morgan fingerprint density at radius 1 is 1.53 bits per heavy atom. The quantitative estimate of drug-likeness (QED) is 0.712. The van der Waals surface area contributed by atoms with E-state index in [1.54, 1.807) is 0 Å². The number of nitrogens with two attached hydrogens (primary N) is 1. The number of aliphatic carboxylic acids is 1. The van der Waals surface area contributed by atoms with Gasteiger partial charge in [0.15, 0.2) is 0 Å². The molecule has 0 amide bonds. The van der Waals surface area contributed by atoms with Gasteiger partial charge in [-0.3, -0.25) is 4.79 Å². The molecule has 0 aromatic carbocycles. The summed E-state index contributed by atoms with van der Waals surface area (Å²) in [6.07, 6.45) is 6.91. The molecule has 0 radical (unpaired) electrons. The van der Waals surface area contributed by atoms with Crippen LogP contribution in [0, 0.1) is 11.8 Å². The SMILES string of the molecule is CCCCC(CC(=O)O)C1CCC(N)C1. The second-order valence-electron chi connectivity index (χ2n) is 4.83. The predicted molar refractivity (Wildman–Crippen MR) is 60.6 cm³/mol. The standard InChI is InChI=1S/C12H23NO2/c1-2-3-4-9(8-12(14)15)10-5-6-11(13)7-10/h9-11H,2-8,13H2,1H3,(H,14,15). The van der Waals surface area contributed by atoms with E-state index in [-0.39, 0.29) is 0 Å². The molecule has 1 aliphatic carbocycles. The van der Waals surface area contributed by atoms with Gasteiger partial charge in [-0.15, -0.1) is 0 Å². The molecular formula is C12H23NO2. The Bertz CT molecular complexity index is 206. The maximum absolute atomic E-state index is 10.8. The molecule has 3 N–H and O–H groups in total. The maximum atomic E-state index is 10.8. The molecule has 0 bridgehead atoms. The van der Waals surface area contributed by atoms with E-state index in [9.17, 15) is 4.79 Å². The number of unbranched alkanes of at least 4 members (excludes halogenated alkanes) is 1. The Balaban J connectivity index is 2.43. The van der Waals surface area contributed by atoms with Crippen LogP contribution in [0.15, 0.2) is 0 Å². The summed E-state index contributed by atoms with van der Waals surface area (Å²) in [5.41, 5.74) is 5.87. The Morgan fingerprint density at radius 2 is 2.27 bits per heavy atom. The zero-order valence-electron chi connectivity index (χ0n) is 9.61. The molecule has 3 nitrogen and oxygen atoms in total. The van der Waals surface area contributed by atoms with Crippen molar-refractivity contribution in [2.24, 2.45) is 17.6 Å². The largest absolute Gasteiger partial charge is 0.481 e. The lowest BCUT2D eigenvalue weighted by atomic mass is 9.84. The third-order valence-corrected chi connectivity index (χ3v) is 3.55. The summed E-state index contributed by atoms with van der Waals surface area (Å²) in [7, 11) is 0. The van der Waals surface area contributed by atoms with E-state index in [2.05, 4.69) is 6.92 Å². The van der Waals surface area contributed by atoms with Gasteiger partial charge in [-0.1, -0.05) is 19.8 Å². The highest BCUT2D eigenvalue weighted by Crippen LogP contribution is 2.35. The molecule has 3 unspecified atom stereocenters. The van der Waals surface area contributed by atoms with Crippen molar-refractivity contribution >= 4 is 5.97 Å². The lowest BCUT2D eigenvalue weighted by molar-refractivity contribution is -0.138. The fourth-order valence-electron chi connectivity index (χ4n) is 2.68. The number of hydrogen-bond acceptors (Lipinski definition) is 2. The van der Waals surface area contributed by atoms with E-state index in [0.717, 1.165) is 38.5 Å². The molecule has 0 heterocycles. The van der Waals surface area contributed by atoms with E-state index in [1.807, 2.05) is 0 Å². The maximum Gasteiger partial charge on any atom is 0.303 e. The topological polar surface area (TPSA) is 63.3 Å². The summed E-state index contributed by atoms with van der Waals surface area (Å²) >= 11 is 0. The summed E-state index contributed by atoms with van der Waals surface area (Å²) < 4.78 is 0. The molecule has 1 saturated carbocycles. The van der Waals surface area contributed by atoms with Gasteiger partial charge in [0.05, 0.1) is 0 Å². The van der Waals surface area contributed by atoms with Crippen molar-refractivity contribution in [2.45, 2.75) is 57.9 Å². The van der Waals surface area contributed by atoms with Crippen LogP contribution in [0.25, 0.3) is 0 Å². The van der Waals surface area contributed by atoms with Crippen molar-refractivity contribution in [3.05, 3.63) is 0 Å². The van der Waals surface area contributed by atoms with Crippen molar-refractivity contribution in [1.82, 2.24) is 0 Å². The van der Waals surface area contributed by atoms with Crippen LogP contribution in [0.2, 0.25) is 0 Å². The van der Waals surface area contributed by atoms with Gasteiger partial charge in [0.1, 0.15) is 0 Å². The first-order chi connectivity index (χ1) is 7.13. The van der Waals surface area contributed by atoms with E-state index in [1.165, 1.54) is 0 Å². The van der Waals surface area contributed by atoms with E-state index in [0.29, 0.717) is 24.3 Å². The summed E-state index contributed by atoms with van der Waals surface area (Å²) in [4.78, 5) is 10.8. The zero-order valence-corrected chi connectivity index (χ0v) is 9.61. The minimum absolute atomic E-state index is 0.313. The van der Waals surface area contributed by atoms with Crippen molar-refractivity contribution in [1.29, 1.82) is 0 Å². The molecule has 0 saturated heterocycles. The molecule has 0 aliphatic heterocycles. The molecule has 0 aromatic heterocycles. The first-order valence-electron chi connectivity index (χ1n) is 6.10. The average molecular weight is 213 g/mol. The van der Waals surface area contributed by atoms with Gasteiger partial charge in [-0.25, -0.2) is 0 Å². The number of carboxylic acid groups (broad SMARTS) is 1. The third kappa shape index (κ3) is 4.20. The van der Waals surface area contributed by atoms with Crippen LogP contribution < -0.4 is 5.73 Å². The van der Waals surface area contributed by atoms with Crippen LogP contribution in [0.4, 0.5) is 0 Å². The van der Waals surface area contributed by atoms with Gasteiger partial charge in [0, 0.05) is 12.5 Å². The van der Waals surface area contributed by atoms with Crippen LogP contribution >= 0.6 is 0 Å². The van der Waals surface area contributed by atoms with Crippen LogP contribution in [0.5, 0.6) is 0 Å². The third-order valence-electron chi connectivity index (χ3n) is 3.55. The monoisotopic (exact) mass is 213 g/mol. The van der Waals surface area contributed by atoms with Crippen molar-refractivity contribution in [3.63, 3.8) is 0 Å². The first-order valence-corrected chi connectivity index (χ1v) is 6.10. The molecule has 1 aliphatic rings. The molecule has 0 aromatic rings. The molecule has 0 spiro atoms. The van der Waals surface area contributed by atoms with Gasteiger partial charge >= 0.3 is 5.97 Å². The zero-order chi connectivity index (χ0) is 11.3. The van der Waals surface area contributed by atoms with Gasteiger partial charge in [-0.2, -0.15) is 0 Å². The van der Waals surface area contributed by atoms with Gasteiger partial charge in [0.2, 0.25) is 0 Å². The number of rotatable bonds is 6.